The minimum absolute atomic E-state index is 0.0159. The molecule has 2 aromatic carbocycles. The summed E-state index contributed by atoms with van der Waals surface area (Å²) in [6.45, 7) is 0. The molecule has 3 aromatic rings. The summed E-state index contributed by atoms with van der Waals surface area (Å²) in [4.78, 5) is 18.6. The van der Waals surface area contributed by atoms with Crippen LogP contribution in [0.25, 0.3) is 11.0 Å². The molecule has 1 aromatic heterocycles. The molecule has 5 nitrogen and oxygen atoms in total. The quantitative estimate of drug-likeness (QED) is 0.677. The van der Waals surface area contributed by atoms with Crippen LogP contribution in [0.3, 0.4) is 0 Å². The van der Waals surface area contributed by atoms with Crippen LogP contribution in [0, 0.1) is 0 Å². The summed E-state index contributed by atoms with van der Waals surface area (Å²) in [5, 5.41) is 12.0. The molecular weight excluding hydrogens is 323 g/mol. The maximum Gasteiger partial charge on any atom is 0.416 e. The van der Waals surface area contributed by atoms with Gasteiger partial charge in [0.05, 0.1) is 16.6 Å². The number of nitrogens with one attached hydrogen (secondary N) is 2. The lowest BCUT2D eigenvalue weighted by Gasteiger charge is -2.16. The summed E-state index contributed by atoms with van der Waals surface area (Å²) < 4.78 is 38.4. The summed E-state index contributed by atoms with van der Waals surface area (Å²) in [6.07, 6.45) is -4.54. The molecule has 0 amide bonds. The Morgan fingerprint density at radius 3 is 2.58 bits per heavy atom. The van der Waals surface area contributed by atoms with Gasteiger partial charge >= 0.3 is 12.1 Å². The van der Waals surface area contributed by atoms with Crippen molar-refractivity contribution >= 4 is 23.0 Å². The number of aromatic amines is 1. The third kappa shape index (κ3) is 3.17. The zero-order valence-electron chi connectivity index (χ0n) is 12.1. The molecule has 3 rings (SSSR count). The van der Waals surface area contributed by atoms with E-state index in [1.807, 2.05) is 0 Å². The maximum atomic E-state index is 12.8. The summed E-state index contributed by atoms with van der Waals surface area (Å²) in [5.41, 5.74) is 0.386. The van der Waals surface area contributed by atoms with Gasteiger partial charge in [0.1, 0.15) is 0 Å². The fraction of sp³-hybridized carbons (Fsp3) is 0.125. The van der Waals surface area contributed by atoms with E-state index in [9.17, 15) is 23.1 Å². The molecule has 3 N–H and O–H groups in total. The van der Waals surface area contributed by atoms with Gasteiger partial charge < -0.3 is 15.4 Å². The molecule has 0 bridgehead atoms. The van der Waals surface area contributed by atoms with Crippen molar-refractivity contribution < 1.29 is 23.1 Å². The number of aliphatic carboxylic acids is 1. The summed E-state index contributed by atoms with van der Waals surface area (Å²) in [7, 11) is 0. The molecule has 8 heteroatoms. The number of halogens is 3. The van der Waals surface area contributed by atoms with Crippen LogP contribution in [0.15, 0.2) is 48.5 Å². The first-order valence-corrected chi connectivity index (χ1v) is 6.96. The van der Waals surface area contributed by atoms with Gasteiger partial charge in [-0.3, -0.25) is 0 Å². The van der Waals surface area contributed by atoms with Crippen LogP contribution in [-0.2, 0) is 11.0 Å². The summed E-state index contributed by atoms with van der Waals surface area (Å²) >= 11 is 0. The summed E-state index contributed by atoms with van der Waals surface area (Å²) in [5.74, 6) is -1.14. The lowest BCUT2D eigenvalue weighted by atomic mass is 10.0. The van der Waals surface area contributed by atoms with Crippen molar-refractivity contribution in [1.82, 2.24) is 9.97 Å². The Bertz CT molecular complexity index is 856. The van der Waals surface area contributed by atoms with Crippen molar-refractivity contribution in [3.05, 3.63) is 59.7 Å². The number of hydrogen-bond acceptors (Lipinski definition) is 3. The third-order valence-corrected chi connectivity index (χ3v) is 3.46. The predicted octanol–water partition coefficient (Wildman–Crippen LogP) is 3.82. The van der Waals surface area contributed by atoms with Gasteiger partial charge in [0, 0.05) is 0 Å². The minimum atomic E-state index is -4.54. The number of alkyl halides is 3. The number of anilines is 1. The number of carboxylic acid groups (broad SMARTS) is 1. The molecule has 0 aliphatic rings. The van der Waals surface area contributed by atoms with Gasteiger partial charge in [0.15, 0.2) is 6.04 Å². The van der Waals surface area contributed by atoms with Crippen molar-refractivity contribution in [2.24, 2.45) is 0 Å². The largest absolute Gasteiger partial charge is 0.479 e. The fourth-order valence-corrected chi connectivity index (χ4v) is 2.34. The van der Waals surface area contributed by atoms with Gasteiger partial charge in [0.25, 0.3) is 0 Å². The van der Waals surface area contributed by atoms with E-state index in [4.69, 9.17) is 0 Å². The number of para-hydroxylation sites is 2. The van der Waals surface area contributed by atoms with Crippen molar-refractivity contribution in [3.63, 3.8) is 0 Å². The molecule has 0 saturated carbocycles. The van der Waals surface area contributed by atoms with E-state index >= 15 is 0 Å². The number of imidazole rings is 1. The number of nitrogens with zero attached hydrogens (tertiary/aromatic N) is 1. The number of benzene rings is 2. The van der Waals surface area contributed by atoms with Gasteiger partial charge in [-0.05, 0) is 29.8 Å². The van der Waals surface area contributed by atoms with Crippen LogP contribution in [-0.4, -0.2) is 21.0 Å². The highest BCUT2D eigenvalue weighted by molar-refractivity contribution is 5.81. The highest BCUT2D eigenvalue weighted by atomic mass is 19.4. The van der Waals surface area contributed by atoms with Crippen molar-refractivity contribution in [1.29, 1.82) is 0 Å². The second kappa shape index (κ2) is 5.88. The second-order valence-corrected chi connectivity index (χ2v) is 5.14. The Balaban J connectivity index is 1.94. The maximum absolute atomic E-state index is 12.8. The van der Waals surface area contributed by atoms with Gasteiger partial charge in [-0.25, -0.2) is 9.78 Å². The molecular formula is C16H12F3N3O2. The molecule has 0 aliphatic carbocycles. The lowest BCUT2D eigenvalue weighted by Crippen LogP contribution is -2.21. The Morgan fingerprint density at radius 1 is 1.17 bits per heavy atom. The molecule has 0 aliphatic heterocycles. The van der Waals surface area contributed by atoms with Gasteiger partial charge in [-0.2, -0.15) is 13.2 Å². The number of rotatable bonds is 4. The molecule has 0 fully saturated rings. The fourth-order valence-electron chi connectivity index (χ4n) is 2.34. The predicted molar refractivity (Wildman–Crippen MR) is 81.5 cm³/mol. The third-order valence-electron chi connectivity index (χ3n) is 3.46. The van der Waals surface area contributed by atoms with Crippen LogP contribution in [0.1, 0.15) is 17.2 Å². The van der Waals surface area contributed by atoms with Crippen molar-refractivity contribution in [2.75, 3.05) is 5.32 Å². The molecule has 0 radical (unpaired) electrons. The van der Waals surface area contributed by atoms with E-state index in [1.54, 1.807) is 24.3 Å². The Morgan fingerprint density at radius 2 is 1.92 bits per heavy atom. The number of aromatic nitrogens is 2. The number of fused-ring (bicyclic) bond motifs is 1. The molecule has 1 heterocycles. The standard InChI is InChI=1S/C16H12F3N3O2/c17-16(18,19)10-5-3-4-9(8-10)13(14(23)24)22-15-20-11-6-1-2-7-12(11)21-15/h1-8,13H,(H,23,24)(H2,20,21,22). The van der Waals surface area contributed by atoms with Crippen LogP contribution >= 0.6 is 0 Å². The first-order chi connectivity index (χ1) is 11.3. The number of carboxylic acids is 1. The van der Waals surface area contributed by atoms with Gasteiger partial charge in [-0.15, -0.1) is 0 Å². The normalized spacial score (nSPS) is 13.0. The smallest absolute Gasteiger partial charge is 0.416 e. The molecule has 1 unspecified atom stereocenters. The zero-order chi connectivity index (χ0) is 17.3. The van der Waals surface area contributed by atoms with Gasteiger partial charge in [-0.1, -0.05) is 24.3 Å². The van der Waals surface area contributed by atoms with Crippen molar-refractivity contribution in [3.8, 4) is 0 Å². The lowest BCUT2D eigenvalue weighted by molar-refractivity contribution is -0.139. The average Bonchev–Trinajstić information content (AvgIpc) is 2.94. The Kier molecular flexibility index (Phi) is 3.88. The summed E-state index contributed by atoms with van der Waals surface area (Å²) in [6, 6.07) is 9.88. The SMILES string of the molecule is O=C(O)C(Nc1nc2ccccc2[nH]1)c1cccc(C(F)(F)F)c1. The highest BCUT2D eigenvalue weighted by Crippen LogP contribution is 2.31. The number of H-pyrrole nitrogens is 1. The van der Waals surface area contributed by atoms with E-state index in [-0.39, 0.29) is 11.5 Å². The minimum Gasteiger partial charge on any atom is -0.479 e. The molecule has 124 valence electrons. The average molecular weight is 335 g/mol. The Labute approximate surface area is 134 Å². The topological polar surface area (TPSA) is 78.0 Å². The van der Waals surface area contributed by atoms with Crippen LogP contribution in [0.4, 0.5) is 19.1 Å². The van der Waals surface area contributed by atoms with Crippen molar-refractivity contribution in [2.45, 2.75) is 12.2 Å². The van der Waals surface area contributed by atoms with Gasteiger partial charge in [0.2, 0.25) is 5.95 Å². The second-order valence-electron chi connectivity index (χ2n) is 5.14. The number of carbonyl (C=O) groups is 1. The van der Waals surface area contributed by atoms with E-state index < -0.39 is 23.8 Å². The highest BCUT2D eigenvalue weighted by Gasteiger charge is 2.32. The van der Waals surface area contributed by atoms with Crippen LogP contribution in [0.5, 0.6) is 0 Å². The molecule has 0 saturated heterocycles. The van der Waals surface area contributed by atoms with E-state index in [2.05, 4.69) is 15.3 Å². The molecule has 1 atom stereocenters. The van der Waals surface area contributed by atoms with E-state index in [0.29, 0.717) is 11.0 Å². The van der Waals surface area contributed by atoms with E-state index in [0.717, 1.165) is 12.1 Å². The molecule has 24 heavy (non-hydrogen) atoms. The molecule has 0 spiro atoms. The zero-order valence-corrected chi connectivity index (χ0v) is 12.1. The first-order valence-electron chi connectivity index (χ1n) is 6.96. The van der Waals surface area contributed by atoms with Crippen LogP contribution in [0.2, 0.25) is 0 Å². The first kappa shape index (κ1) is 15.9. The van der Waals surface area contributed by atoms with E-state index in [1.165, 1.54) is 12.1 Å². The Hall–Kier alpha value is -3.03. The number of hydrogen-bond donors (Lipinski definition) is 3. The monoisotopic (exact) mass is 335 g/mol. The van der Waals surface area contributed by atoms with Crippen LogP contribution < -0.4 is 5.32 Å².